The average Bonchev–Trinajstić information content (AvgIpc) is 3.26. The summed E-state index contributed by atoms with van der Waals surface area (Å²) in [6, 6.07) is 9.09. The molecule has 3 rings (SSSR count). The van der Waals surface area contributed by atoms with Gasteiger partial charge in [-0.3, -0.25) is 4.99 Å². The van der Waals surface area contributed by atoms with Crippen molar-refractivity contribution < 1.29 is 4.74 Å². The smallest absolute Gasteiger partial charge is 0.191 e. The van der Waals surface area contributed by atoms with Gasteiger partial charge in [0.1, 0.15) is 5.75 Å². The highest BCUT2D eigenvalue weighted by Crippen LogP contribution is 2.44. The highest BCUT2D eigenvalue weighted by Gasteiger charge is 2.38. The fraction of sp³-hybridized carbons (Fsp3) is 0.611. The van der Waals surface area contributed by atoms with Gasteiger partial charge in [0.2, 0.25) is 0 Å². The molecule has 2 aliphatic carbocycles. The first-order valence-corrected chi connectivity index (χ1v) is 8.38. The zero-order valence-electron chi connectivity index (χ0n) is 14.1. The molecule has 0 atom stereocenters. The summed E-state index contributed by atoms with van der Waals surface area (Å²) in [6.07, 6.45) is 7.51. The number of aliphatic imine (C=N–C) groups is 1. The first-order chi connectivity index (χ1) is 10.8. The molecule has 0 heterocycles. The summed E-state index contributed by atoms with van der Waals surface area (Å²) >= 11 is 0. The lowest BCUT2D eigenvalue weighted by atomic mass is 9.78. The van der Waals surface area contributed by atoms with Crippen molar-refractivity contribution in [2.75, 3.05) is 20.7 Å². The van der Waals surface area contributed by atoms with Crippen LogP contribution < -0.4 is 15.4 Å². The average molecular weight is 429 g/mol. The Hall–Kier alpha value is -0.980. The van der Waals surface area contributed by atoms with E-state index in [1.165, 1.54) is 44.1 Å². The van der Waals surface area contributed by atoms with E-state index in [9.17, 15) is 0 Å². The molecule has 1 aromatic rings. The molecule has 0 aliphatic heterocycles. The molecule has 0 aromatic heterocycles. The molecule has 23 heavy (non-hydrogen) atoms. The van der Waals surface area contributed by atoms with E-state index in [0.717, 1.165) is 18.3 Å². The van der Waals surface area contributed by atoms with Crippen molar-refractivity contribution in [3.63, 3.8) is 0 Å². The van der Waals surface area contributed by atoms with Gasteiger partial charge in [-0.1, -0.05) is 31.0 Å². The molecule has 1 aromatic carbocycles. The molecule has 2 aliphatic rings. The van der Waals surface area contributed by atoms with Gasteiger partial charge in [0.25, 0.3) is 0 Å². The second-order valence-electron chi connectivity index (χ2n) is 6.53. The van der Waals surface area contributed by atoms with Crippen LogP contribution in [0.4, 0.5) is 0 Å². The number of benzene rings is 1. The number of nitrogens with one attached hydrogen (secondary N) is 2. The third-order valence-electron chi connectivity index (χ3n) is 4.98. The first-order valence-electron chi connectivity index (χ1n) is 8.38. The van der Waals surface area contributed by atoms with Gasteiger partial charge >= 0.3 is 0 Å². The maximum atomic E-state index is 5.62. The van der Waals surface area contributed by atoms with Crippen molar-refractivity contribution in [3.05, 3.63) is 29.8 Å². The van der Waals surface area contributed by atoms with Gasteiger partial charge < -0.3 is 15.4 Å². The van der Waals surface area contributed by atoms with E-state index in [1.807, 2.05) is 13.1 Å². The third-order valence-corrected chi connectivity index (χ3v) is 4.98. The molecule has 0 saturated heterocycles. The predicted octanol–water partition coefficient (Wildman–Crippen LogP) is 3.45. The minimum Gasteiger partial charge on any atom is -0.496 e. The minimum atomic E-state index is 0. The summed E-state index contributed by atoms with van der Waals surface area (Å²) in [4.78, 5) is 4.36. The lowest BCUT2D eigenvalue weighted by Crippen LogP contribution is -2.45. The molecule has 4 nitrogen and oxygen atoms in total. The fourth-order valence-corrected chi connectivity index (χ4v) is 3.54. The van der Waals surface area contributed by atoms with E-state index in [0.29, 0.717) is 6.04 Å². The Morgan fingerprint density at radius 3 is 2.57 bits per heavy atom. The highest BCUT2D eigenvalue weighted by atomic mass is 127. The zero-order chi connectivity index (χ0) is 15.4. The fourth-order valence-electron chi connectivity index (χ4n) is 3.54. The van der Waals surface area contributed by atoms with Crippen LogP contribution in [0.25, 0.3) is 0 Å². The van der Waals surface area contributed by atoms with Crippen LogP contribution in [0.5, 0.6) is 5.75 Å². The van der Waals surface area contributed by atoms with Crippen molar-refractivity contribution in [1.82, 2.24) is 10.6 Å². The van der Waals surface area contributed by atoms with Crippen LogP contribution in [0.15, 0.2) is 29.3 Å². The summed E-state index contributed by atoms with van der Waals surface area (Å²) in [5, 5.41) is 7.03. The third kappa shape index (κ3) is 4.31. The molecule has 0 radical (unpaired) electrons. The number of hydrogen-bond donors (Lipinski definition) is 2. The molecule has 5 heteroatoms. The van der Waals surface area contributed by atoms with Gasteiger partial charge in [-0.15, -0.1) is 24.0 Å². The van der Waals surface area contributed by atoms with Gasteiger partial charge in [-0.2, -0.15) is 0 Å². The lowest BCUT2D eigenvalue weighted by Gasteiger charge is -2.32. The maximum Gasteiger partial charge on any atom is 0.191 e. The van der Waals surface area contributed by atoms with Gasteiger partial charge in [0, 0.05) is 30.6 Å². The molecule has 2 fully saturated rings. The van der Waals surface area contributed by atoms with Gasteiger partial charge in [0.05, 0.1) is 7.11 Å². The van der Waals surface area contributed by atoms with Crippen LogP contribution in [0.2, 0.25) is 0 Å². The molecular formula is C18H28IN3O. The van der Waals surface area contributed by atoms with Crippen molar-refractivity contribution in [3.8, 4) is 5.75 Å². The van der Waals surface area contributed by atoms with Crippen LogP contribution in [0.3, 0.4) is 0 Å². The topological polar surface area (TPSA) is 45.7 Å². The van der Waals surface area contributed by atoms with E-state index in [-0.39, 0.29) is 29.4 Å². The Labute approximate surface area is 156 Å². The second kappa shape index (κ2) is 8.22. The molecule has 0 bridgehead atoms. The highest BCUT2D eigenvalue weighted by molar-refractivity contribution is 14.0. The number of methoxy groups -OCH3 is 1. The molecule has 128 valence electrons. The van der Waals surface area contributed by atoms with E-state index in [2.05, 4.69) is 33.8 Å². The van der Waals surface area contributed by atoms with Crippen LogP contribution in [0, 0.1) is 0 Å². The van der Waals surface area contributed by atoms with Crippen LogP contribution in [-0.2, 0) is 5.41 Å². The quantitative estimate of drug-likeness (QED) is 0.428. The predicted molar refractivity (Wildman–Crippen MR) is 106 cm³/mol. The molecule has 2 N–H and O–H groups in total. The Morgan fingerprint density at radius 1 is 1.26 bits per heavy atom. The normalized spacial score (nSPS) is 19.8. The number of hydrogen-bond acceptors (Lipinski definition) is 2. The standard InChI is InChI=1S/C18H27N3O.HI/c1-19-17(21-14-9-10-14)20-13-18(11-5-6-12-18)15-7-3-4-8-16(15)22-2;/h3-4,7-8,14H,5-6,9-13H2,1-2H3,(H2,19,20,21);1H. The molecule has 0 amide bonds. The summed E-state index contributed by atoms with van der Waals surface area (Å²) in [7, 11) is 3.62. The van der Waals surface area contributed by atoms with Gasteiger partial charge in [-0.05, 0) is 31.7 Å². The second-order valence-corrected chi connectivity index (χ2v) is 6.53. The molecular weight excluding hydrogens is 401 g/mol. The van der Waals surface area contributed by atoms with Gasteiger partial charge in [-0.25, -0.2) is 0 Å². The van der Waals surface area contributed by atoms with Crippen molar-refractivity contribution in [1.29, 1.82) is 0 Å². The van der Waals surface area contributed by atoms with E-state index >= 15 is 0 Å². The van der Waals surface area contributed by atoms with E-state index in [4.69, 9.17) is 4.74 Å². The van der Waals surface area contributed by atoms with E-state index in [1.54, 1.807) is 7.11 Å². The van der Waals surface area contributed by atoms with Crippen LogP contribution in [0.1, 0.15) is 44.1 Å². The van der Waals surface area contributed by atoms with Crippen LogP contribution in [-0.4, -0.2) is 32.7 Å². The molecule has 0 unspecified atom stereocenters. The number of guanidine groups is 1. The Kier molecular flexibility index (Phi) is 6.56. The number of nitrogens with zero attached hydrogens (tertiary/aromatic N) is 1. The SMILES string of the molecule is CN=C(NCC1(c2ccccc2OC)CCCC1)NC1CC1.I. The Balaban J connectivity index is 0.00000192. The van der Waals surface area contributed by atoms with E-state index < -0.39 is 0 Å². The summed E-state index contributed by atoms with van der Waals surface area (Å²) in [5.41, 5.74) is 1.50. The van der Waals surface area contributed by atoms with Crippen molar-refractivity contribution in [2.45, 2.75) is 50.0 Å². The van der Waals surface area contributed by atoms with Crippen LogP contribution >= 0.6 is 24.0 Å². The Bertz CT molecular complexity index is 537. The van der Waals surface area contributed by atoms with Gasteiger partial charge in [0.15, 0.2) is 5.96 Å². The summed E-state index contributed by atoms with van der Waals surface area (Å²) in [6.45, 7) is 0.916. The minimum absolute atomic E-state index is 0. The monoisotopic (exact) mass is 429 g/mol. The Morgan fingerprint density at radius 2 is 1.96 bits per heavy atom. The summed E-state index contributed by atoms with van der Waals surface area (Å²) < 4.78 is 5.62. The summed E-state index contributed by atoms with van der Waals surface area (Å²) in [5.74, 6) is 1.94. The molecule has 2 saturated carbocycles. The number of para-hydroxylation sites is 1. The first kappa shape index (κ1) is 18.4. The molecule has 0 spiro atoms. The lowest BCUT2D eigenvalue weighted by molar-refractivity contribution is 0.371. The largest absolute Gasteiger partial charge is 0.496 e. The zero-order valence-corrected chi connectivity index (χ0v) is 16.4. The maximum absolute atomic E-state index is 5.62. The number of ether oxygens (including phenoxy) is 1. The van der Waals surface area contributed by atoms with Crippen molar-refractivity contribution in [2.24, 2.45) is 4.99 Å². The number of halogens is 1. The number of rotatable bonds is 5. The van der Waals surface area contributed by atoms with Crippen molar-refractivity contribution >= 4 is 29.9 Å².